The molecule has 0 spiro atoms. The van der Waals surface area contributed by atoms with Gasteiger partial charge in [-0.15, -0.1) is 0 Å². The lowest BCUT2D eigenvalue weighted by molar-refractivity contribution is 0.119. The minimum atomic E-state index is 0.0815. The molecule has 4 nitrogen and oxygen atoms in total. The molecule has 124 valence electrons. The number of fused-ring (bicyclic) bond motifs is 1. The molecule has 0 amide bonds. The lowest BCUT2D eigenvalue weighted by Gasteiger charge is -2.18. The van der Waals surface area contributed by atoms with Crippen LogP contribution in [0.1, 0.15) is 31.4 Å². The number of imidazole rings is 1. The monoisotopic (exact) mass is 321 g/mol. The van der Waals surface area contributed by atoms with Gasteiger partial charge in [0.1, 0.15) is 6.33 Å². The molecule has 0 saturated carbocycles. The quantitative estimate of drug-likeness (QED) is 0.716. The Kier molecular flexibility index (Phi) is 3.98. The SMILES string of the molecule is COC(C)c1ccc2c(c1)ncn2-c1cccc(N2CCCC2)c1. The number of ether oxygens (including phenoxy) is 1. The van der Waals surface area contributed by atoms with E-state index in [1.807, 2.05) is 6.33 Å². The summed E-state index contributed by atoms with van der Waals surface area (Å²) in [5, 5.41) is 0. The summed E-state index contributed by atoms with van der Waals surface area (Å²) in [5.41, 5.74) is 5.75. The van der Waals surface area contributed by atoms with E-state index in [1.54, 1.807) is 7.11 Å². The number of nitrogens with zero attached hydrogens (tertiary/aromatic N) is 3. The Hall–Kier alpha value is -2.33. The highest BCUT2D eigenvalue weighted by atomic mass is 16.5. The topological polar surface area (TPSA) is 30.3 Å². The highest BCUT2D eigenvalue weighted by molar-refractivity contribution is 5.78. The first-order valence-corrected chi connectivity index (χ1v) is 8.61. The van der Waals surface area contributed by atoms with Crippen molar-refractivity contribution in [2.45, 2.75) is 25.9 Å². The van der Waals surface area contributed by atoms with Gasteiger partial charge in [-0.25, -0.2) is 4.98 Å². The fourth-order valence-corrected chi connectivity index (χ4v) is 3.44. The van der Waals surface area contributed by atoms with Crippen molar-refractivity contribution in [1.29, 1.82) is 0 Å². The van der Waals surface area contributed by atoms with Crippen molar-refractivity contribution in [1.82, 2.24) is 9.55 Å². The Morgan fingerprint density at radius 1 is 1.04 bits per heavy atom. The third-order valence-electron chi connectivity index (χ3n) is 4.97. The van der Waals surface area contributed by atoms with Crippen LogP contribution in [0.2, 0.25) is 0 Å². The third kappa shape index (κ3) is 2.67. The van der Waals surface area contributed by atoms with E-state index in [4.69, 9.17) is 4.74 Å². The Morgan fingerprint density at radius 2 is 1.83 bits per heavy atom. The minimum Gasteiger partial charge on any atom is -0.377 e. The van der Waals surface area contributed by atoms with Crippen LogP contribution < -0.4 is 4.90 Å². The van der Waals surface area contributed by atoms with E-state index in [0.717, 1.165) is 35.4 Å². The fourth-order valence-electron chi connectivity index (χ4n) is 3.44. The van der Waals surface area contributed by atoms with Crippen molar-refractivity contribution in [3.63, 3.8) is 0 Å². The van der Waals surface area contributed by atoms with Gasteiger partial charge in [-0.2, -0.15) is 0 Å². The number of hydrogen-bond donors (Lipinski definition) is 0. The zero-order chi connectivity index (χ0) is 16.5. The van der Waals surface area contributed by atoms with Crippen LogP contribution in [0.4, 0.5) is 5.69 Å². The average molecular weight is 321 g/mol. The molecule has 0 radical (unpaired) electrons. The summed E-state index contributed by atoms with van der Waals surface area (Å²) < 4.78 is 7.57. The third-order valence-corrected chi connectivity index (χ3v) is 4.97. The number of anilines is 1. The summed E-state index contributed by atoms with van der Waals surface area (Å²) in [6, 6.07) is 15.1. The molecule has 0 bridgehead atoms. The highest BCUT2D eigenvalue weighted by Gasteiger charge is 2.14. The van der Waals surface area contributed by atoms with E-state index in [0.29, 0.717) is 0 Å². The molecule has 4 heteroatoms. The van der Waals surface area contributed by atoms with Gasteiger partial charge in [0.05, 0.1) is 17.1 Å². The Labute approximate surface area is 142 Å². The molecule has 24 heavy (non-hydrogen) atoms. The van der Waals surface area contributed by atoms with Gasteiger partial charge in [-0.05, 0) is 55.7 Å². The highest BCUT2D eigenvalue weighted by Crippen LogP contribution is 2.26. The zero-order valence-corrected chi connectivity index (χ0v) is 14.3. The average Bonchev–Trinajstić information content (AvgIpc) is 3.30. The minimum absolute atomic E-state index is 0.0815. The molecule has 0 aliphatic carbocycles. The van der Waals surface area contributed by atoms with Gasteiger partial charge in [0, 0.05) is 31.6 Å². The largest absolute Gasteiger partial charge is 0.377 e. The van der Waals surface area contributed by atoms with Crippen LogP contribution in [0.5, 0.6) is 0 Å². The standard InChI is InChI=1S/C20H23N3O/c1-15(24-2)16-8-9-20-19(12-16)21-14-23(20)18-7-5-6-17(13-18)22-10-3-4-11-22/h5-9,12-15H,3-4,10-11H2,1-2H3. The first-order chi connectivity index (χ1) is 11.8. The number of aromatic nitrogens is 2. The second-order valence-electron chi connectivity index (χ2n) is 6.45. The summed E-state index contributed by atoms with van der Waals surface area (Å²) in [7, 11) is 1.73. The molecular weight excluding hydrogens is 298 g/mol. The van der Waals surface area contributed by atoms with Gasteiger partial charge in [0.15, 0.2) is 0 Å². The molecule has 3 aromatic rings. The van der Waals surface area contributed by atoms with Gasteiger partial charge in [-0.3, -0.25) is 4.57 Å². The summed E-state index contributed by atoms with van der Waals surface area (Å²) in [6.45, 7) is 4.37. The van der Waals surface area contributed by atoms with E-state index in [9.17, 15) is 0 Å². The van der Waals surface area contributed by atoms with E-state index < -0.39 is 0 Å². The molecule has 1 unspecified atom stereocenters. The molecule has 1 aliphatic rings. The molecule has 4 rings (SSSR count). The van der Waals surface area contributed by atoms with Gasteiger partial charge < -0.3 is 9.64 Å². The van der Waals surface area contributed by atoms with E-state index in [1.165, 1.54) is 18.5 Å². The lowest BCUT2D eigenvalue weighted by Crippen LogP contribution is -2.17. The van der Waals surface area contributed by atoms with Crippen LogP contribution in [0.3, 0.4) is 0 Å². The van der Waals surface area contributed by atoms with Crippen LogP contribution in [-0.2, 0) is 4.74 Å². The van der Waals surface area contributed by atoms with Crippen LogP contribution >= 0.6 is 0 Å². The van der Waals surface area contributed by atoms with E-state index in [-0.39, 0.29) is 6.10 Å². The number of hydrogen-bond acceptors (Lipinski definition) is 3. The summed E-state index contributed by atoms with van der Waals surface area (Å²) in [6.07, 6.45) is 4.57. The molecule has 0 N–H and O–H groups in total. The van der Waals surface area contributed by atoms with E-state index >= 15 is 0 Å². The summed E-state index contributed by atoms with van der Waals surface area (Å²) in [5.74, 6) is 0. The molecule has 1 aliphatic heterocycles. The predicted molar refractivity (Wildman–Crippen MR) is 97.9 cm³/mol. The van der Waals surface area contributed by atoms with Gasteiger partial charge >= 0.3 is 0 Å². The maximum absolute atomic E-state index is 5.41. The van der Waals surface area contributed by atoms with Gasteiger partial charge in [-0.1, -0.05) is 12.1 Å². The van der Waals surface area contributed by atoms with Crippen molar-refractivity contribution in [2.24, 2.45) is 0 Å². The molecule has 1 saturated heterocycles. The summed E-state index contributed by atoms with van der Waals surface area (Å²) >= 11 is 0. The normalized spacial score (nSPS) is 16.0. The fraction of sp³-hybridized carbons (Fsp3) is 0.350. The second kappa shape index (κ2) is 6.29. The Balaban J connectivity index is 1.72. The Bertz CT molecular complexity index is 849. The molecular formula is C20H23N3O. The van der Waals surface area contributed by atoms with Crippen molar-refractivity contribution >= 4 is 16.7 Å². The first-order valence-electron chi connectivity index (χ1n) is 8.61. The maximum atomic E-state index is 5.41. The molecule has 2 aromatic carbocycles. The smallest absolute Gasteiger partial charge is 0.100 e. The second-order valence-corrected chi connectivity index (χ2v) is 6.45. The number of methoxy groups -OCH3 is 1. The number of benzene rings is 2. The van der Waals surface area contributed by atoms with Crippen molar-refractivity contribution in [3.8, 4) is 5.69 Å². The first kappa shape index (κ1) is 15.2. The maximum Gasteiger partial charge on any atom is 0.100 e. The van der Waals surface area contributed by atoms with E-state index in [2.05, 4.69) is 63.8 Å². The molecule has 2 heterocycles. The molecule has 1 aromatic heterocycles. The van der Waals surface area contributed by atoms with Gasteiger partial charge in [0.2, 0.25) is 0 Å². The van der Waals surface area contributed by atoms with Gasteiger partial charge in [0.25, 0.3) is 0 Å². The van der Waals surface area contributed by atoms with Crippen molar-refractivity contribution in [2.75, 3.05) is 25.1 Å². The van der Waals surface area contributed by atoms with Crippen LogP contribution in [0, 0.1) is 0 Å². The van der Waals surface area contributed by atoms with Crippen molar-refractivity contribution < 1.29 is 4.74 Å². The van der Waals surface area contributed by atoms with Crippen LogP contribution in [0.15, 0.2) is 48.8 Å². The Morgan fingerprint density at radius 3 is 2.62 bits per heavy atom. The zero-order valence-electron chi connectivity index (χ0n) is 14.3. The lowest BCUT2D eigenvalue weighted by atomic mass is 10.1. The summed E-state index contributed by atoms with van der Waals surface area (Å²) in [4.78, 5) is 7.05. The van der Waals surface area contributed by atoms with Crippen LogP contribution in [-0.4, -0.2) is 29.8 Å². The molecule has 1 atom stereocenters. The predicted octanol–water partition coefficient (Wildman–Crippen LogP) is 4.33. The van der Waals surface area contributed by atoms with Crippen molar-refractivity contribution in [3.05, 3.63) is 54.4 Å². The number of rotatable bonds is 4. The van der Waals surface area contributed by atoms with Crippen LogP contribution in [0.25, 0.3) is 16.7 Å². The molecule has 1 fully saturated rings.